The van der Waals surface area contributed by atoms with E-state index in [1.807, 2.05) is 12.2 Å². The van der Waals surface area contributed by atoms with Crippen molar-refractivity contribution in [2.45, 2.75) is 89.3 Å². The lowest BCUT2D eigenvalue weighted by molar-refractivity contribution is -0.199. The van der Waals surface area contributed by atoms with Crippen LogP contribution in [0.4, 0.5) is 0 Å². The summed E-state index contributed by atoms with van der Waals surface area (Å²) in [6, 6.07) is 0. The summed E-state index contributed by atoms with van der Waals surface area (Å²) in [6.07, 6.45) is 10.5. The quantitative estimate of drug-likeness (QED) is 0.311. The zero-order valence-corrected chi connectivity index (χ0v) is 15.7. The number of rotatable bonds is 12. The van der Waals surface area contributed by atoms with E-state index in [0.29, 0.717) is 25.7 Å². The molecule has 6 nitrogen and oxygen atoms in total. The van der Waals surface area contributed by atoms with Crippen molar-refractivity contribution >= 4 is 5.97 Å². The number of carbonyl (C=O) groups is 1. The van der Waals surface area contributed by atoms with Crippen molar-refractivity contribution in [2.75, 3.05) is 0 Å². The number of carboxylic acid groups (broad SMARTS) is 1. The highest BCUT2D eigenvalue weighted by Crippen LogP contribution is 2.29. The van der Waals surface area contributed by atoms with Gasteiger partial charge in [-0.2, -0.15) is 0 Å². The normalized spacial score (nSPS) is 28.0. The fraction of sp³-hybridized carbons (Fsp3) is 0.750. The monoisotopic (exact) mass is 370 g/mol. The Morgan fingerprint density at radius 3 is 2.69 bits per heavy atom. The first-order chi connectivity index (χ1) is 12.4. The van der Waals surface area contributed by atoms with E-state index >= 15 is 0 Å². The van der Waals surface area contributed by atoms with Crippen LogP contribution in [-0.2, 0) is 9.53 Å². The summed E-state index contributed by atoms with van der Waals surface area (Å²) in [6.45, 7) is 2.11. The topological polar surface area (TPSA) is 107 Å². The predicted molar refractivity (Wildman–Crippen MR) is 99.5 cm³/mol. The summed E-state index contributed by atoms with van der Waals surface area (Å²) < 4.78 is 5.54. The van der Waals surface area contributed by atoms with E-state index in [4.69, 9.17) is 9.84 Å². The highest BCUT2D eigenvalue weighted by molar-refractivity contribution is 5.66. The van der Waals surface area contributed by atoms with Crippen molar-refractivity contribution in [1.29, 1.82) is 0 Å². The molecule has 150 valence electrons. The number of carboxylic acids is 1. The molecule has 26 heavy (non-hydrogen) atoms. The van der Waals surface area contributed by atoms with Crippen LogP contribution in [-0.4, -0.2) is 51.0 Å². The Hall–Kier alpha value is -1.21. The van der Waals surface area contributed by atoms with Crippen LogP contribution in [0, 0.1) is 5.92 Å². The maximum Gasteiger partial charge on any atom is 0.303 e. The predicted octanol–water partition coefficient (Wildman–Crippen LogP) is 2.77. The van der Waals surface area contributed by atoms with Crippen molar-refractivity contribution in [3.63, 3.8) is 0 Å². The first-order valence-electron chi connectivity index (χ1n) is 9.68. The minimum absolute atomic E-state index is 0.146. The Balaban J connectivity index is 2.52. The number of aliphatic hydroxyl groups excluding tert-OH is 3. The van der Waals surface area contributed by atoms with Gasteiger partial charge in [0.1, 0.15) is 0 Å². The molecule has 0 saturated carbocycles. The molecule has 0 spiro atoms. The summed E-state index contributed by atoms with van der Waals surface area (Å²) in [7, 11) is 0. The van der Waals surface area contributed by atoms with Gasteiger partial charge in [-0.25, -0.2) is 0 Å². The molecule has 1 fully saturated rings. The molecule has 5 atom stereocenters. The molecule has 1 aliphatic rings. The molecule has 0 aromatic carbocycles. The molecular formula is C20H34O6. The molecule has 1 saturated heterocycles. The van der Waals surface area contributed by atoms with Crippen molar-refractivity contribution in [1.82, 2.24) is 0 Å². The number of hydrogen-bond donors (Lipinski definition) is 4. The molecule has 4 N–H and O–H groups in total. The summed E-state index contributed by atoms with van der Waals surface area (Å²) in [5.74, 6) is -1.00. The van der Waals surface area contributed by atoms with Crippen LogP contribution in [0.3, 0.4) is 0 Å². The molecule has 0 aliphatic carbocycles. The number of ether oxygens (including phenoxy) is 1. The molecule has 0 aromatic rings. The minimum Gasteiger partial charge on any atom is -0.481 e. The van der Waals surface area contributed by atoms with Gasteiger partial charge in [-0.3, -0.25) is 4.79 Å². The maximum atomic E-state index is 10.5. The molecule has 0 unspecified atom stereocenters. The average Bonchev–Trinajstić information content (AvgIpc) is 2.57. The average molecular weight is 370 g/mol. The third kappa shape index (κ3) is 9.48. The van der Waals surface area contributed by atoms with Crippen molar-refractivity contribution in [3.05, 3.63) is 24.3 Å². The summed E-state index contributed by atoms with van der Waals surface area (Å²) in [5.41, 5.74) is 0. The smallest absolute Gasteiger partial charge is 0.303 e. The SMILES string of the molecule is CCCCC[C@H](O)/C=C\[C@H]1O[C@H](O)C[C@H](O)[C@@H]1C/C=C/CCCC(=O)O. The second kappa shape index (κ2) is 13.0. The summed E-state index contributed by atoms with van der Waals surface area (Å²) >= 11 is 0. The fourth-order valence-electron chi connectivity index (χ4n) is 3.10. The fourth-order valence-corrected chi connectivity index (χ4v) is 3.10. The summed E-state index contributed by atoms with van der Waals surface area (Å²) in [4.78, 5) is 10.5. The van der Waals surface area contributed by atoms with Crippen LogP contribution in [0.25, 0.3) is 0 Å². The van der Waals surface area contributed by atoms with Crippen LogP contribution < -0.4 is 0 Å². The number of aliphatic carboxylic acids is 1. The molecule has 6 heteroatoms. The van der Waals surface area contributed by atoms with Gasteiger partial charge in [-0.1, -0.05) is 50.5 Å². The van der Waals surface area contributed by atoms with Gasteiger partial charge in [0.25, 0.3) is 0 Å². The first kappa shape index (κ1) is 22.8. The maximum absolute atomic E-state index is 10.5. The Labute approximate surface area is 156 Å². The van der Waals surface area contributed by atoms with Crippen molar-refractivity contribution in [2.24, 2.45) is 5.92 Å². The zero-order chi connectivity index (χ0) is 19.4. The zero-order valence-electron chi connectivity index (χ0n) is 15.7. The van der Waals surface area contributed by atoms with Crippen LogP contribution >= 0.6 is 0 Å². The highest BCUT2D eigenvalue weighted by atomic mass is 16.6. The Morgan fingerprint density at radius 2 is 2.00 bits per heavy atom. The molecule has 0 radical (unpaired) electrons. The van der Waals surface area contributed by atoms with E-state index in [9.17, 15) is 20.1 Å². The number of allylic oxidation sites excluding steroid dienone is 2. The molecule has 0 aromatic heterocycles. The molecule has 1 heterocycles. The number of unbranched alkanes of at least 4 members (excludes halogenated alkanes) is 3. The van der Waals surface area contributed by atoms with Crippen LogP contribution in [0.2, 0.25) is 0 Å². The Morgan fingerprint density at radius 1 is 1.23 bits per heavy atom. The Bertz CT molecular complexity index is 448. The molecule has 1 rings (SSSR count). The van der Waals surface area contributed by atoms with Gasteiger partial charge in [0, 0.05) is 18.8 Å². The lowest BCUT2D eigenvalue weighted by Crippen LogP contribution is -2.43. The molecule has 0 bridgehead atoms. The molecule has 0 amide bonds. The first-order valence-corrected chi connectivity index (χ1v) is 9.68. The van der Waals surface area contributed by atoms with Crippen molar-refractivity contribution < 1.29 is 30.0 Å². The van der Waals surface area contributed by atoms with Gasteiger partial charge in [0.2, 0.25) is 0 Å². The van der Waals surface area contributed by atoms with Gasteiger partial charge < -0.3 is 25.2 Å². The lowest BCUT2D eigenvalue weighted by atomic mass is 9.87. The number of hydrogen-bond acceptors (Lipinski definition) is 5. The standard InChI is InChI=1S/C20H34O6/c1-2-3-6-9-15(21)12-13-18-16(17(22)14-20(25)26-18)10-7-4-5-8-11-19(23)24/h4,7,12-13,15-18,20-22,25H,2-3,5-6,8-11,14H2,1H3,(H,23,24)/b7-4+,13-12-/t15-,16-,17-,18+,20-/m0/s1. The van der Waals surface area contributed by atoms with Gasteiger partial charge in [-0.15, -0.1) is 0 Å². The largest absolute Gasteiger partial charge is 0.481 e. The van der Waals surface area contributed by atoms with E-state index < -0.39 is 30.6 Å². The van der Waals surface area contributed by atoms with E-state index in [-0.39, 0.29) is 18.8 Å². The van der Waals surface area contributed by atoms with E-state index in [1.54, 1.807) is 12.2 Å². The summed E-state index contributed by atoms with van der Waals surface area (Å²) in [5, 5.41) is 38.7. The third-order valence-electron chi connectivity index (χ3n) is 4.64. The lowest BCUT2D eigenvalue weighted by Gasteiger charge is -2.36. The second-order valence-electron chi connectivity index (χ2n) is 6.96. The van der Waals surface area contributed by atoms with Crippen LogP contribution in [0.1, 0.15) is 64.7 Å². The molecule has 1 aliphatic heterocycles. The second-order valence-corrected chi connectivity index (χ2v) is 6.96. The van der Waals surface area contributed by atoms with Gasteiger partial charge >= 0.3 is 5.97 Å². The third-order valence-corrected chi connectivity index (χ3v) is 4.64. The van der Waals surface area contributed by atoms with E-state index in [1.165, 1.54) is 0 Å². The van der Waals surface area contributed by atoms with E-state index in [2.05, 4.69) is 6.92 Å². The van der Waals surface area contributed by atoms with Gasteiger partial charge in [-0.05, 0) is 25.7 Å². The minimum atomic E-state index is -1.01. The van der Waals surface area contributed by atoms with Crippen molar-refractivity contribution in [3.8, 4) is 0 Å². The highest BCUT2D eigenvalue weighted by Gasteiger charge is 2.35. The Kier molecular flexibility index (Phi) is 11.4. The van der Waals surface area contributed by atoms with Gasteiger partial charge in [0.15, 0.2) is 6.29 Å². The number of aliphatic hydroxyl groups is 3. The van der Waals surface area contributed by atoms with Crippen LogP contribution in [0.15, 0.2) is 24.3 Å². The van der Waals surface area contributed by atoms with E-state index in [0.717, 1.165) is 19.3 Å². The molecular weight excluding hydrogens is 336 g/mol. The van der Waals surface area contributed by atoms with Crippen LogP contribution in [0.5, 0.6) is 0 Å². The van der Waals surface area contributed by atoms with Gasteiger partial charge in [0.05, 0.1) is 18.3 Å².